The van der Waals surface area contributed by atoms with E-state index in [0.717, 1.165) is 36.5 Å². The van der Waals surface area contributed by atoms with Crippen LogP contribution in [0, 0.1) is 13.8 Å². The summed E-state index contributed by atoms with van der Waals surface area (Å²) in [6.07, 6.45) is 3.18. The van der Waals surface area contributed by atoms with E-state index in [9.17, 15) is 4.79 Å². The van der Waals surface area contributed by atoms with Crippen LogP contribution in [0.5, 0.6) is 0 Å². The molecule has 1 amide bonds. The number of nitrogens with one attached hydrogen (secondary N) is 2. The zero-order valence-corrected chi connectivity index (χ0v) is 16.5. The Morgan fingerprint density at radius 2 is 2.00 bits per heavy atom. The van der Waals surface area contributed by atoms with E-state index in [1.807, 2.05) is 19.1 Å². The summed E-state index contributed by atoms with van der Waals surface area (Å²) < 4.78 is 2.24. The summed E-state index contributed by atoms with van der Waals surface area (Å²) in [4.78, 5) is 12.7. The summed E-state index contributed by atoms with van der Waals surface area (Å²) in [7, 11) is 0. The first-order chi connectivity index (χ1) is 12.1. The highest BCUT2D eigenvalue weighted by Crippen LogP contribution is 2.25. The van der Waals surface area contributed by atoms with Crippen molar-refractivity contribution in [3.05, 3.63) is 70.6 Å². The van der Waals surface area contributed by atoms with Crippen molar-refractivity contribution >= 4 is 18.3 Å². The summed E-state index contributed by atoms with van der Waals surface area (Å²) in [6, 6.07) is 12.6. The first-order valence-electron chi connectivity index (χ1n) is 8.98. The molecule has 1 aliphatic heterocycles. The van der Waals surface area contributed by atoms with E-state index >= 15 is 0 Å². The number of benzene rings is 1. The highest BCUT2D eigenvalue weighted by Gasteiger charge is 2.19. The smallest absolute Gasteiger partial charge is 0.253 e. The number of halogens is 1. The summed E-state index contributed by atoms with van der Waals surface area (Å²) in [5.41, 5.74) is 5.45. The molecule has 0 radical (unpaired) electrons. The van der Waals surface area contributed by atoms with Crippen LogP contribution in [0.3, 0.4) is 0 Å². The highest BCUT2D eigenvalue weighted by atomic mass is 35.5. The number of aromatic nitrogens is 1. The molecule has 1 unspecified atom stereocenters. The van der Waals surface area contributed by atoms with Crippen LogP contribution in [0.4, 0.5) is 0 Å². The lowest BCUT2D eigenvalue weighted by Gasteiger charge is -2.19. The van der Waals surface area contributed by atoms with E-state index in [2.05, 4.69) is 59.4 Å². The molecule has 0 bridgehead atoms. The Kier molecular flexibility index (Phi) is 7.06. The van der Waals surface area contributed by atoms with Crippen LogP contribution in [0.2, 0.25) is 0 Å². The second-order valence-corrected chi connectivity index (χ2v) is 6.74. The molecule has 1 aromatic heterocycles. The molecule has 0 saturated carbocycles. The second kappa shape index (κ2) is 9.06. The van der Waals surface area contributed by atoms with E-state index in [4.69, 9.17) is 0 Å². The van der Waals surface area contributed by atoms with Gasteiger partial charge in [0.05, 0.1) is 11.6 Å². The van der Waals surface area contributed by atoms with Crippen LogP contribution in [0.15, 0.2) is 48.0 Å². The predicted octanol–water partition coefficient (Wildman–Crippen LogP) is 3.79. The molecule has 4 nitrogen and oxygen atoms in total. The van der Waals surface area contributed by atoms with Crippen molar-refractivity contribution < 1.29 is 4.79 Å². The van der Waals surface area contributed by atoms with Crippen LogP contribution in [0.25, 0.3) is 0 Å². The van der Waals surface area contributed by atoms with Gasteiger partial charge in [0.15, 0.2) is 0 Å². The average Bonchev–Trinajstić information content (AvgIpc) is 2.95. The third kappa shape index (κ3) is 4.37. The minimum absolute atomic E-state index is 0. The number of carbonyl (C=O) groups excluding carboxylic acids is 1. The first kappa shape index (κ1) is 20.3. The molecule has 0 saturated heterocycles. The van der Waals surface area contributed by atoms with Crippen molar-refractivity contribution in [3.63, 3.8) is 0 Å². The van der Waals surface area contributed by atoms with E-state index in [0.29, 0.717) is 6.54 Å². The van der Waals surface area contributed by atoms with Crippen molar-refractivity contribution in [2.75, 3.05) is 19.6 Å². The lowest BCUT2D eigenvalue weighted by Crippen LogP contribution is -2.29. The number of nitrogens with zero attached hydrogens (tertiary/aromatic N) is 1. The Morgan fingerprint density at radius 1 is 1.27 bits per heavy atom. The Bertz CT molecular complexity index is 780. The van der Waals surface area contributed by atoms with Gasteiger partial charge in [0.25, 0.3) is 5.91 Å². The van der Waals surface area contributed by atoms with Gasteiger partial charge < -0.3 is 15.2 Å². The molecule has 26 heavy (non-hydrogen) atoms. The minimum Gasteiger partial charge on any atom is -0.348 e. The average molecular weight is 374 g/mol. The van der Waals surface area contributed by atoms with Crippen molar-refractivity contribution in [1.29, 1.82) is 0 Å². The van der Waals surface area contributed by atoms with Gasteiger partial charge in [-0.15, -0.1) is 12.4 Å². The molecule has 2 heterocycles. The fourth-order valence-electron chi connectivity index (χ4n) is 3.60. The highest BCUT2D eigenvalue weighted by molar-refractivity contribution is 5.95. The summed E-state index contributed by atoms with van der Waals surface area (Å²) in [6.45, 7) is 8.80. The Labute approximate surface area is 162 Å². The third-order valence-electron chi connectivity index (χ3n) is 5.03. The number of aryl methyl sites for hydroxylation is 1. The zero-order valence-electron chi connectivity index (χ0n) is 15.7. The fraction of sp³-hybridized carbons (Fsp3) is 0.381. The summed E-state index contributed by atoms with van der Waals surface area (Å²) >= 11 is 0. The van der Waals surface area contributed by atoms with E-state index < -0.39 is 0 Å². The molecule has 3 rings (SSSR count). The Hall–Kier alpha value is -2.04. The van der Waals surface area contributed by atoms with Gasteiger partial charge in [-0.25, -0.2) is 0 Å². The molecule has 1 aliphatic rings. The Balaban J connectivity index is 0.00000243. The number of amides is 1. The van der Waals surface area contributed by atoms with Crippen LogP contribution < -0.4 is 10.6 Å². The Morgan fingerprint density at radius 3 is 2.65 bits per heavy atom. The lowest BCUT2D eigenvalue weighted by molar-refractivity contribution is 0.0956. The molecule has 2 aromatic rings. The number of hydrogen-bond donors (Lipinski definition) is 2. The standard InChI is InChI=1S/C21H27N3O.ClH/c1-15-13-20(21(25)23-14-18-9-11-22-12-10-18)17(3)24(15)16(2)19-7-5-4-6-8-19;/h4-9,13,16,22H,10-12,14H2,1-3H3,(H,23,25);1H. The normalized spacial score (nSPS) is 15.0. The fourth-order valence-corrected chi connectivity index (χ4v) is 3.60. The summed E-state index contributed by atoms with van der Waals surface area (Å²) in [5, 5.41) is 6.37. The minimum atomic E-state index is 0. The lowest BCUT2D eigenvalue weighted by atomic mass is 10.1. The molecule has 0 aliphatic carbocycles. The topological polar surface area (TPSA) is 46.1 Å². The molecule has 140 valence electrons. The van der Waals surface area contributed by atoms with Crippen LogP contribution in [-0.2, 0) is 0 Å². The predicted molar refractivity (Wildman–Crippen MR) is 109 cm³/mol. The molecule has 1 aromatic carbocycles. The largest absolute Gasteiger partial charge is 0.348 e. The number of rotatable bonds is 5. The van der Waals surface area contributed by atoms with E-state index in [1.54, 1.807) is 0 Å². The van der Waals surface area contributed by atoms with Gasteiger partial charge >= 0.3 is 0 Å². The van der Waals surface area contributed by atoms with Crippen LogP contribution >= 0.6 is 12.4 Å². The van der Waals surface area contributed by atoms with Crippen LogP contribution in [0.1, 0.15) is 46.7 Å². The third-order valence-corrected chi connectivity index (χ3v) is 5.03. The van der Waals surface area contributed by atoms with Gasteiger partial charge in [-0.1, -0.05) is 42.0 Å². The second-order valence-electron chi connectivity index (χ2n) is 6.74. The molecule has 1 atom stereocenters. The molecule has 0 fully saturated rings. The molecular formula is C21H28ClN3O. The van der Waals surface area contributed by atoms with Gasteiger partial charge in [-0.2, -0.15) is 0 Å². The van der Waals surface area contributed by atoms with Crippen molar-refractivity contribution in [1.82, 2.24) is 15.2 Å². The number of carbonyl (C=O) groups is 1. The quantitative estimate of drug-likeness (QED) is 0.783. The van der Waals surface area contributed by atoms with Gasteiger partial charge in [-0.3, -0.25) is 4.79 Å². The maximum absolute atomic E-state index is 12.7. The first-order valence-corrected chi connectivity index (χ1v) is 8.98. The van der Waals surface area contributed by atoms with Crippen molar-refractivity contribution in [3.8, 4) is 0 Å². The molecule has 2 N–H and O–H groups in total. The molecular weight excluding hydrogens is 346 g/mol. The van der Waals surface area contributed by atoms with Crippen molar-refractivity contribution in [2.24, 2.45) is 0 Å². The van der Waals surface area contributed by atoms with Gasteiger partial charge in [0.1, 0.15) is 0 Å². The number of hydrogen-bond acceptors (Lipinski definition) is 2. The maximum atomic E-state index is 12.7. The van der Waals surface area contributed by atoms with Gasteiger partial charge in [0.2, 0.25) is 0 Å². The SMILES string of the molecule is Cc1cc(C(=O)NCC2=CCNCC2)c(C)n1C(C)c1ccccc1.Cl. The van der Waals surface area contributed by atoms with Gasteiger partial charge in [0, 0.05) is 24.5 Å². The van der Waals surface area contributed by atoms with E-state index in [-0.39, 0.29) is 24.4 Å². The maximum Gasteiger partial charge on any atom is 0.253 e. The molecule has 5 heteroatoms. The van der Waals surface area contributed by atoms with Gasteiger partial charge in [-0.05, 0) is 45.4 Å². The van der Waals surface area contributed by atoms with Crippen LogP contribution in [-0.4, -0.2) is 30.1 Å². The zero-order chi connectivity index (χ0) is 17.8. The summed E-state index contributed by atoms with van der Waals surface area (Å²) in [5.74, 6) is 0.0130. The van der Waals surface area contributed by atoms with Crippen molar-refractivity contribution in [2.45, 2.75) is 33.2 Å². The monoisotopic (exact) mass is 373 g/mol. The molecule has 0 spiro atoms. The van der Waals surface area contributed by atoms with E-state index in [1.165, 1.54) is 11.1 Å².